The summed E-state index contributed by atoms with van der Waals surface area (Å²) in [6.07, 6.45) is 0. The van der Waals surface area contributed by atoms with E-state index < -0.39 is 24.0 Å². The second-order valence-corrected chi connectivity index (χ2v) is 5.87. The van der Waals surface area contributed by atoms with Gasteiger partial charge in [-0.1, -0.05) is 23.2 Å². The second-order valence-electron chi connectivity index (χ2n) is 5.00. The number of nitriles is 1. The Morgan fingerprint density at radius 3 is 2.52 bits per heavy atom. The molecule has 1 heterocycles. The standard InChI is InChI=1S/C15H14Cl2N4O2/c1-3-19-14(22)21-13(9-4-10(16)6-11(17)5-9)12(7-18)8(2)20-15(21)23/h4-6,12-13H,3H2,1-2H3,(H,19,22). The number of hydrogen-bond acceptors (Lipinski definition) is 3. The molecule has 120 valence electrons. The first-order chi connectivity index (χ1) is 10.9. The van der Waals surface area contributed by atoms with Gasteiger partial charge in [0.1, 0.15) is 5.92 Å². The van der Waals surface area contributed by atoms with Gasteiger partial charge in [0.2, 0.25) is 0 Å². The van der Waals surface area contributed by atoms with Crippen molar-refractivity contribution in [3.05, 3.63) is 33.8 Å². The van der Waals surface area contributed by atoms with Crippen molar-refractivity contribution in [3.8, 4) is 6.07 Å². The Hall–Kier alpha value is -2.10. The van der Waals surface area contributed by atoms with Crippen LogP contribution in [0, 0.1) is 17.2 Å². The molecule has 0 radical (unpaired) electrons. The van der Waals surface area contributed by atoms with Crippen LogP contribution in [0.15, 0.2) is 23.2 Å². The van der Waals surface area contributed by atoms with E-state index in [1.165, 1.54) is 6.07 Å². The number of rotatable bonds is 2. The maximum atomic E-state index is 12.3. The normalized spacial score (nSPS) is 20.7. The van der Waals surface area contributed by atoms with Crippen LogP contribution in [0.2, 0.25) is 10.0 Å². The lowest BCUT2D eigenvalue weighted by atomic mass is 9.88. The minimum atomic E-state index is -0.840. The van der Waals surface area contributed by atoms with Gasteiger partial charge in [0.25, 0.3) is 0 Å². The average molecular weight is 353 g/mol. The molecule has 1 N–H and O–H groups in total. The molecule has 0 saturated heterocycles. The van der Waals surface area contributed by atoms with Crippen LogP contribution in [0.3, 0.4) is 0 Å². The molecule has 1 aromatic rings. The van der Waals surface area contributed by atoms with Crippen LogP contribution in [0.4, 0.5) is 9.59 Å². The Balaban J connectivity index is 2.60. The number of nitrogens with zero attached hydrogens (tertiary/aromatic N) is 3. The van der Waals surface area contributed by atoms with Crippen molar-refractivity contribution in [2.24, 2.45) is 10.9 Å². The Labute approximate surface area is 143 Å². The molecule has 0 aliphatic carbocycles. The fourth-order valence-corrected chi connectivity index (χ4v) is 3.01. The first-order valence-electron chi connectivity index (χ1n) is 6.90. The first kappa shape index (κ1) is 17.3. The van der Waals surface area contributed by atoms with Crippen molar-refractivity contribution in [1.82, 2.24) is 10.2 Å². The van der Waals surface area contributed by atoms with Crippen LogP contribution >= 0.6 is 23.2 Å². The highest BCUT2D eigenvalue weighted by Gasteiger charge is 2.42. The molecule has 0 spiro atoms. The zero-order chi connectivity index (χ0) is 17.1. The van der Waals surface area contributed by atoms with E-state index >= 15 is 0 Å². The minimum absolute atomic E-state index is 0.339. The summed E-state index contributed by atoms with van der Waals surface area (Å²) in [5.41, 5.74) is 0.849. The summed E-state index contributed by atoms with van der Waals surface area (Å²) in [5, 5.41) is 12.7. The van der Waals surface area contributed by atoms with Crippen molar-refractivity contribution >= 4 is 41.0 Å². The van der Waals surface area contributed by atoms with Crippen LogP contribution < -0.4 is 5.32 Å². The number of amides is 4. The van der Waals surface area contributed by atoms with Gasteiger partial charge in [-0.05, 0) is 37.6 Å². The van der Waals surface area contributed by atoms with E-state index in [9.17, 15) is 14.9 Å². The van der Waals surface area contributed by atoms with E-state index in [0.717, 1.165) is 4.90 Å². The van der Waals surface area contributed by atoms with E-state index in [1.54, 1.807) is 26.0 Å². The smallest absolute Gasteiger partial charge is 0.338 e. The molecule has 2 unspecified atom stereocenters. The summed E-state index contributed by atoms with van der Waals surface area (Å²) in [7, 11) is 0. The Kier molecular flexibility index (Phi) is 5.24. The quantitative estimate of drug-likeness (QED) is 0.877. The molecule has 8 heteroatoms. The van der Waals surface area contributed by atoms with Gasteiger partial charge >= 0.3 is 12.1 Å². The van der Waals surface area contributed by atoms with E-state index in [1.807, 2.05) is 0 Å². The van der Waals surface area contributed by atoms with Crippen LogP contribution in [-0.4, -0.2) is 29.2 Å². The number of carbonyl (C=O) groups is 2. The third-order valence-electron chi connectivity index (χ3n) is 3.43. The zero-order valence-corrected chi connectivity index (χ0v) is 14.0. The van der Waals surface area contributed by atoms with Crippen molar-refractivity contribution in [1.29, 1.82) is 5.26 Å². The van der Waals surface area contributed by atoms with Crippen LogP contribution in [0.25, 0.3) is 0 Å². The molecule has 23 heavy (non-hydrogen) atoms. The van der Waals surface area contributed by atoms with Crippen molar-refractivity contribution < 1.29 is 9.59 Å². The van der Waals surface area contributed by atoms with E-state index in [0.29, 0.717) is 27.9 Å². The predicted molar refractivity (Wildman–Crippen MR) is 87.7 cm³/mol. The summed E-state index contributed by atoms with van der Waals surface area (Å²) >= 11 is 12.0. The Morgan fingerprint density at radius 2 is 2.00 bits per heavy atom. The molecule has 0 aromatic heterocycles. The third kappa shape index (κ3) is 3.46. The molecule has 6 nitrogen and oxygen atoms in total. The maximum absolute atomic E-state index is 12.3. The number of imide groups is 1. The summed E-state index contributed by atoms with van der Waals surface area (Å²) in [5.74, 6) is -0.773. The highest BCUT2D eigenvalue weighted by Crippen LogP contribution is 2.36. The molecule has 0 fully saturated rings. The predicted octanol–water partition coefficient (Wildman–Crippen LogP) is 3.80. The van der Waals surface area contributed by atoms with E-state index in [4.69, 9.17) is 23.2 Å². The molecular weight excluding hydrogens is 339 g/mol. The summed E-state index contributed by atoms with van der Waals surface area (Å²) in [6, 6.07) is 4.63. The van der Waals surface area contributed by atoms with Crippen molar-refractivity contribution in [2.75, 3.05) is 6.54 Å². The van der Waals surface area contributed by atoms with Gasteiger partial charge in [0.05, 0.1) is 12.1 Å². The molecular formula is C15H14Cl2N4O2. The lowest BCUT2D eigenvalue weighted by molar-refractivity contribution is 0.167. The lowest BCUT2D eigenvalue weighted by Gasteiger charge is -2.35. The number of nitrogens with one attached hydrogen (secondary N) is 1. The van der Waals surface area contributed by atoms with E-state index in [2.05, 4.69) is 16.4 Å². The zero-order valence-electron chi connectivity index (χ0n) is 12.5. The van der Waals surface area contributed by atoms with Gasteiger partial charge in [-0.15, -0.1) is 0 Å². The first-order valence-corrected chi connectivity index (χ1v) is 7.66. The van der Waals surface area contributed by atoms with Crippen molar-refractivity contribution in [2.45, 2.75) is 19.9 Å². The summed E-state index contributed by atoms with van der Waals surface area (Å²) in [6.45, 7) is 3.65. The van der Waals surface area contributed by atoms with E-state index in [-0.39, 0.29) is 0 Å². The molecule has 1 aliphatic rings. The molecule has 0 bridgehead atoms. The average Bonchev–Trinajstić information content (AvgIpc) is 2.45. The maximum Gasteiger partial charge on any atom is 0.352 e. The molecule has 0 saturated carbocycles. The second kappa shape index (κ2) is 6.99. The van der Waals surface area contributed by atoms with Crippen LogP contribution in [-0.2, 0) is 0 Å². The molecule has 1 aliphatic heterocycles. The fraction of sp³-hybridized carbons (Fsp3) is 0.333. The number of aliphatic imine (C=N–C) groups is 1. The number of hydrogen-bond donors (Lipinski definition) is 1. The molecule has 4 amide bonds. The number of carbonyl (C=O) groups excluding carboxylic acids is 2. The van der Waals surface area contributed by atoms with Gasteiger partial charge in [-0.25, -0.2) is 19.5 Å². The monoisotopic (exact) mass is 352 g/mol. The summed E-state index contributed by atoms with van der Waals surface area (Å²) in [4.78, 5) is 29.2. The number of benzene rings is 1. The van der Waals surface area contributed by atoms with Gasteiger partial charge in [-0.3, -0.25) is 0 Å². The lowest BCUT2D eigenvalue weighted by Crippen LogP contribution is -2.50. The Morgan fingerprint density at radius 1 is 1.39 bits per heavy atom. The number of halogens is 2. The van der Waals surface area contributed by atoms with Crippen LogP contribution in [0.5, 0.6) is 0 Å². The van der Waals surface area contributed by atoms with Gasteiger partial charge < -0.3 is 5.32 Å². The largest absolute Gasteiger partial charge is 0.352 e. The SMILES string of the molecule is CCNC(=O)N1C(=O)N=C(C)C(C#N)C1c1cc(Cl)cc(Cl)c1. The Bertz CT molecular complexity index is 706. The molecule has 2 rings (SSSR count). The molecule has 1 aromatic carbocycles. The van der Waals surface area contributed by atoms with Gasteiger partial charge in [-0.2, -0.15) is 5.26 Å². The van der Waals surface area contributed by atoms with Crippen molar-refractivity contribution in [3.63, 3.8) is 0 Å². The topological polar surface area (TPSA) is 85.6 Å². The fourth-order valence-electron chi connectivity index (χ4n) is 2.47. The van der Waals surface area contributed by atoms with Crippen LogP contribution in [0.1, 0.15) is 25.5 Å². The minimum Gasteiger partial charge on any atom is -0.338 e. The summed E-state index contributed by atoms with van der Waals surface area (Å²) < 4.78 is 0. The number of urea groups is 2. The highest BCUT2D eigenvalue weighted by atomic mass is 35.5. The van der Waals surface area contributed by atoms with Gasteiger partial charge in [0.15, 0.2) is 0 Å². The highest BCUT2D eigenvalue weighted by molar-refractivity contribution is 6.34. The molecule has 2 atom stereocenters. The third-order valence-corrected chi connectivity index (χ3v) is 3.87. The van der Waals surface area contributed by atoms with Gasteiger partial charge in [0, 0.05) is 22.3 Å².